The fourth-order valence-electron chi connectivity index (χ4n) is 2.29. The molecule has 8 nitrogen and oxygen atoms in total. The third-order valence-electron chi connectivity index (χ3n) is 3.33. The summed E-state index contributed by atoms with van der Waals surface area (Å²) in [6, 6.07) is 4.69. The van der Waals surface area contributed by atoms with Crippen molar-refractivity contribution in [2.24, 2.45) is 0 Å². The van der Waals surface area contributed by atoms with Gasteiger partial charge in [0.1, 0.15) is 28.7 Å². The van der Waals surface area contributed by atoms with Crippen molar-refractivity contribution in [3.05, 3.63) is 46.8 Å². The van der Waals surface area contributed by atoms with Gasteiger partial charge in [-0.2, -0.15) is 8.42 Å². The van der Waals surface area contributed by atoms with Crippen LogP contribution in [-0.2, 0) is 10.1 Å². The van der Waals surface area contributed by atoms with Crippen LogP contribution in [0.1, 0.15) is 0 Å². The van der Waals surface area contributed by atoms with E-state index in [1.165, 1.54) is 0 Å². The third kappa shape index (κ3) is 3.65. The number of fused-ring (bicyclic) bond motifs is 1. The van der Waals surface area contributed by atoms with E-state index in [2.05, 4.69) is 0 Å². The summed E-state index contributed by atoms with van der Waals surface area (Å²) in [4.78, 5) is 11.9. The molecule has 0 radical (unpaired) electrons. The molecule has 3 aromatic rings. The predicted molar refractivity (Wildman–Crippen MR) is 80.5 cm³/mol. The molecule has 0 saturated heterocycles. The molecule has 2 aromatic carbocycles. The number of hydrogen-bond acceptors (Lipinski definition) is 7. The number of hydrogen-bond donors (Lipinski definition) is 3. The molecule has 1 heterocycles. The number of rotatable bonds is 2. The largest absolute Gasteiger partial charge is 1.00 e. The Balaban J connectivity index is 0.00000225. The fourth-order valence-corrected chi connectivity index (χ4v) is 2.83. The molecule has 124 valence electrons. The normalized spacial score (nSPS) is 11.2. The standard InChI is InChI=1S/C15H10O8S.Na/c16-8-1-7(2-10(3-8)24(20,21)22)11-6-23-13-5-9(17)4-12(18)14(13)15(11)19;/h1-6,16-18H,(H,20,21,22);/q;+1/p-1. The number of benzene rings is 2. The summed E-state index contributed by atoms with van der Waals surface area (Å²) in [5.41, 5.74) is -1.11. The van der Waals surface area contributed by atoms with Gasteiger partial charge in [-0.05, 0) is 17.7 Å². The summed E-state index contributed by atoms with van der Waals surface area (Å²) in [5, 5.41) is 30.6. The molecule has 0 amide bonds. The molecule has 3 rings (SSSR count). The molecular weight excluding hydrogens is 363 g/mol. The van der Waals surface area contributed by atoms with E-state index in [4.69, 9.17) is 8.97 Å². The summed E-state index contributed by atoms with van der Waals surface area (Å²) in [5.74, 6) is -1.59. The topological polar surface area (TPSA) is 148 Å². The van der Waals surface area contributed by atoms with Crippen LogP contribution in [0.15, 0.2) is 50.7 Å². The SMILES string of the molecule is O=c1c(-c2cc([O-])cc(S(=O)(=O)O)c2)coc2cc(O)cc(O)c12.[Na+]. The molecule has 25 heavy (non-hydrogen) atoms. The zero-order valence-electron chi connectivity index (χ0n) is 12.8. The maximum absolute atomic E-state index is 12.5. The Labute approximate surface area is 163 Å². The van der Waals surface area contributed by atoms with Crippen LogP contribution < -0.4 is 40.1 Å². The maximum atomic E-state index is 12.5. The molecule has 0 spiro atoms. The molecule has 3 N–H and O–H groups in total. The summed E-state index contributed by atoms with van der Waals surface area (Å²) >= 11 is 0. The minimum atomic E-state index is -4.64. The van der Waals surface area contributed by atoms with Gasteiger partial charge in [-0.25, -0.2) is 0 Å². The van der Waals surface area contributed by atoms with Gasteiger partial charge in [0, 0.05) is 12.1 Å². The van der Waals surface area contributed by atoms with Crippen LogP contribution in [0.25, 0.3) is 22.1 Å². The second kappa shape index (κ2) is 6.70. The van der Waals surface area contributed by atoms with Crippen molar-refractivity contribution in [1.82, 2.24) is 0 Å². The molecule has 0 unspecified atom stereocenters. The summed E-state index contributed by atoms with van der Waals surface area (Å²) in [6.45, 7) is 0. The van der Waals surface area contributed by atoms with Crippen LogP contribution in [0.2, 0.25) is 0 Å². The minimum absolute atomic E-state index is 0. The summed E-state index contributed by atoms with van der Waals surface area (Å²) in [7, 11) is -4.64. The van der Waals surface area contributed by atoms with Crippen LogP contribution in [0.3, 0.4) is 0 Å². The van der Waals surface area contributed by atoms with Gasteiger partial charge in [0.2, 0.25) is 5.43 Å². The first-order valence-corrected chi connectivity index (χ1v) is 7.88. The van der Waals surface area contributed by atoms with Crippen molar-refractivity contribution in [1.29, 1.82) is 0 Å². The van der Waals surface area contributed by atoms with E-state index in [1.807, 2.05) is 0 Å². The Hall–Kier alpha value is -2.04. The molecule has 0 atom stereocenters. The molecule has 1 aromatic heterocycles. The molecule has 0 bridgehead atoms. The Kier molecular flexibility index (Phi) is 5.17. The quantitative estimate of drug-likeness (QED) is 0.352. The first kappa shape index (κ1) is 19.3. The van der Waals surface area contributed by atoms with Crippen LogP contribution in [0.5, 0.6) is 17.2 Å². The van der Waals surface area contributed by atoms with E-state index in [0.29, 0.717) is 6.07 Å². The first-order valence-electron chi connectivity index (χ1n) is 6.44. The van der Waals surface area contributed by atoms with Gasteiger partial charge < -0.3 is 19.7 Å². The molecular formula is C15H9NaO8S. The molecule has 0 aliphatic carbocycles. The van der Waals surface area contributed by atoms with E-state index in [-0.39, 0.29) is 57.4 Å². The summed E-state index contributed by atoms with van der Waals surface area (Å²) in [6.07, 6.45) is 0.964. The van der Waals surface area contributed by atoms with Crippen molar-refractivity contribution in [3.8, 4) is 28.4 Å². The zero-order chi connectivity index (χ0) is 17.6. The van der Waals surface area contributed by atoms with Crippen molar-refractivity contribution >= 4 is 21.1 Å². The van der Waals surface area contributed by atoms with E-state index in [1.54, 1.807) is 0 Å². The van der Waals surface area contributed by atoms with Crippen LogP contribution in [0, 0.1) is 0 Å². The van der Waals surface area contributed by atoms with Gasteiger partial charge in [-0.15, -0.1) is 5.75 Å². The second-order valence-electron chi connectivity index (χ2n) is 4.98. The van der Waals surface area contributed by atoms with Crippen molar-refractivity contribution in [2.45, 2.75) is 4.90 Å². The smallest absolute Gasteiger partial charge is 0.872 e. The molecule has 0 fully saturated rings. The summed E-state index contributed by atoms with van der Waals surface area (Å²) < 4.78 is 36.6. The van der Waals surface area contributed by atoms with Crippen molar-refractivity contribution < 1.29 is 62.3 Å². The monoisotopic (exact) mass is 372 g/mol. The van der Waals surface area contributed by atoms with Crippen molar-refractivity contribution in [2.75, 3.05) is 0 Å². The fraction of sp³-hybridized carbons (Fsp3) is 0. The maximum Gasteiger partial charge on any atom is 1.00 e. The predicted octanol–water partition coefficient (Wildman–Crippen LogP) is -1.80. The zero-order valence-corrected chi connectivity index (χ0v) is 15.6. The van der Waals surface area contributed by atoms with Gasteiger partial charge in [0.15, 0.2) is 0 Å². The second-order valence-corrected chi connectivity index (χ2v) is 6.41. The van der Waals surface area contributed by atoms with Crippen LogP contribution in [-0.4, -0.2) is 23.2 Å². The molecule has 0 saturated carbocycles. The van der Waals surface area contributed by atoms with Crippen LogP contribution in [0.4, 0.5) is 0 Å². The Bertz CT molecular complexity index is 1130. The van der Waals surface area contributed by atoms with Gasteiger partial charge >= 0.3 is 29.6 Å². The van der Waals surface area contributed by atoms with E-state index < -0.39 is 31.9 Å². The molecule has 10 heteroatoms. The molecule has 0 aliphatic heterocycles. The van der Waals surface area contributed by atoms with Crippen molar-refractivity contribution in [3.63, 3.8) is 0 Å². The van der Waals surface area contributed by atoms with Gasteiger partial charge in [0.05, 0.1) is 10.5 Å². The molecule has 0 aliphatic rings. The average molecular weight is 372 g/mol. The number of aromatic hydroxyl groups is 2. The van der Waals surface area contributed by atoms with E-state index in [0.717, 1.165) is 30.5 Å². The average Bonchev–Trinajstić information content (AvgIpc) is 2.45. The Morgan fingerprint density at radius 2 is 1.72 bits per heavy atom. The number of phenols is 2. The van der Waals surface area contributed by atoms with Crippen LogP contribution >= 0.6 is 0 Å². The first-order chi connectivity index (χ1) is 11.2. The van der Waals surface area contributed by atoms with Gasteiger partial charge in [-0.3, -0.25) is 9.35 Å². The third-order valence-corrected chi connectivity index (χ3v) is 4.16. The van der Waals surface area contributed by atoms with E-state index >= 15 is 0 Å². The number of phenolic OH excluding ortho intramolecular Hbond substituents is 2. The van der Waals surface area contributed by atoms with Gasteiger partial charge in [-0.1, -0.05) is 6.07 Å². The Morgan fingerprint density at radius 3 is 2.36 bits per heavy atom. The Morgan fingerprint density at radius 1 is 1.04 bits per heavy atom. The minimum Gasteiger partial charge on any atom is -0.872 e. The van der Waals surface area contributed by atoms with Gasteiger partial charge in [0.25, 0.3) is 10.1 Å². The van der Waals surface area contributed by atoms with E-state index in [9.17, 15) is 28.5 Å².